The Balaban J connectivity index is 1.32. The zero-order valence-corrected chi connectivity index (χ0v) is 17.1. The molecule has 1 aliphatic heterocycles. The number of aromatic amines is 1. The summed E-state index contributed by atoms with van der Waals surface area (Å²) in [5, 5.41) is 0.523. The first-order chi connectivity index (χ1) is 14.7. The molecule has 6 nitrogen and oxygen atoms in total. The fourth-order valence-corrected chi connectivity index (χ4v) is 3.92. The van der Waals surface area contributed by atoms with Crippen molar-refractivity contribution in [1.29, 1.82) is 0 Å². The molecule has 0 amide bonds. The number of aromatic nitrogens is 4. The van der Waals surface area contributed by atoms with E-state index in [-0.39, 0.29) is 0 Å². The number of hydrogen-bond acceptors (Lipinski definition) is 5. The second-order valence-corrected chi connectivity index (χ2v) is 7.83. The van der Waals surface area contributed by atoms with Gasteiger partial charge >= 0.3 is 0 Å². The Labute approximate surface area is 179 Å². The molecule has 2 aromatic heterocycles. The standard InChI is InChI=1S/C23H21ClN6/c24-21-20(28-23(29-21)15-4-2-1-3-5-15)14-30-11-10-19-17(13-30)12-26-22(27-19)16-6-8-18(25)9-7-16/h1-9,12H,10-11,13-14,25H2,(H,28,29). The first kappa shape index (κ1) is 18.8. The molecule has 0 fully saturated rings. The van der Waals surface area contributed by atoms with E-state index in [1.165, 1.54) is 0 Å². The Morgan fingerprint density at radius 1 is 1.00 bits per heavy atom. The van der Waals surface area contributed by atoms with Crippen LogP contribution in [-0.2, 0) is 19.5 Å². The van der Waals surface area contributed by atoms with Crippen molar-refractivity contribution in [1.82, 2.24) is 24.8 Å². The van der Waals surface area contributed by atoms with E-state index < -0.39 is 0 Å². The van der Waals surface area contributed by atoms with Gasteiger partial charge in [-0.15, -0.1) is 0 Å². The zero-order valence-electron chi connectivity index (χ0n) is 16.3. The van der Waals surface area contributed by atoms with E-state index in [0.717, 1.165) is 64.9 Å². The highest BCUT2D eigenvalue weighted by atomic mass is 35.5. The SMILES string of the molecule is Nc1ccc(-c2ncc3c(n2)CCN(Cc2[nH]c(-c4ccccc4)nc2Cl)C3)cc1. The minimum absolute atomic E-state index is 0.523. The molecule has 4 aromatic rings. The van der Waals surface area contributed by atoms with Crippen LogP contribution in [0.4, 0.5) is 5.69 Å². The van der Waals surface area contributed by atoms with Crippen LogP contribution in [0.3, 0.4) is 0 Å². The van der Waals surface area contributed by atoms with Crippen LogP contribution in [-0.4, -0.2) is 31.4 Å². The van der Waals surface area contributed by atoms with Crippen molar-refractivity contribution in [2.24, 2.45) is 0 Å². The van der Waals surface area contributed by atoms with Crippen molar-refractivity contribution in [3.8, 4) is 22.8 Å². The molecule has 0 bridgehead atoms. The van der Waals surface area contributed by atoms with E-state index in [4.69, 9.17) is 22.3 Å². The van der Waals surface area contributed by atoms with Gasteiger partial charge in [-0.05, 0) is 24.3 Å². The maximum atomic E-state index is 6.41. The van der Waals surface area contributed by atoms with E-state index in [2.05, 4.69) is 19.9 Å². The second kappa shape index (κ2) is 7.89. The van der Waals surface area contributed by atoms with Crippen LogP contribution in [0.1, 0.15) is 17.0 Å². The molecule has 0 spiro atoms. The van der Waals surface area contributed by atoms with Gasteiger partial charge in [0.15, 0.2) is 11.0 Å². The molecular formula is C23H21ClN6. The van der Waals surface area contributed by atoms with Gasteiger partial charge in [-0.25, -0.2) is 15.0 Å². The number of halogens is 1. The fourth-order valence-electron chi connectivity index (χ4n) is 3.73. The number of nitrogens with one attached hydrogen (secondary N) is 1. The third-order valence-electron chi connectivity index (χ3n) is 5.34. The number of hydrogen-bond donors (Lipinski definition) is 2. The number of nitrogens with zero attached hydrogens (tertiary/aromatic N) is 4. The summed E-state index contributed by atoms with van der Waals surface area (Å²) in [5.41, 5.74) is 11.7. The zero-order chi connectivity index (χ0) is 20.5. The number of anilines is 1. The van der Waals surface area contributed by atoms with Crippen LogP contribution in [0.15, 0.2) is 60.8 Å². The van der Waals surface area contributed by atoms with Crippen LogP contribution in [0.25, 0.3) is 22.8 Å². The van der Waals surface area contributed by atoms with E-state index in [0.29, 0.717) is 11.7 Å². The summed E-state index contributed by atoms with van der Waals surface area (Å²) in [5.74, 6) is 1.54. The summed E-state index contributed by atoms with van der Waals surface area (Å²) in [6.07, 6.45) is 2.81. The van der Waals surface area contributed by atoms with Gasteiger partial charge in [0.2, 0.25) is 0 Å². The summed E-state index contributed by atoms with van der Waals surface area (Å²) in [6, 6.07) is 17.7. The van der Waals surface area contributed by atoms with Gasteiger partial charge in [-0.1, -0.05) is 41.9 Å². The molecule has 3 N–H and O–H groups in total. The molecule has 1 aliphatic rings. The molecule has 30 heavy (non-hydrogen) atoms. The van der Waals surface area contributed by atoms with Gasteiger partial charge in [-0.2, -0.15) is 0 Å². The second-order valence-electron chi connectivity index (χ2n) is 7.47. The molecule has 0 radical (unpaired) electrons. The lowest BCUT2D eigenvalue weighted by Gasteiger charge is -2.27. The highest BCUT2D eigenvalue weighted by Gasteiger charge is 2.21. The lowest BCUT2D eigenvalue weighted by atomic mass is 10.1. The minimum atomic E-state index is 0.523. The Morgan fingerprint density at radius 2 is 1.80 bits per heavy atom. The van der Waals surface area contributed by atoms with E-state index >= 15 is 0 Å². The van der Waals surface area contributed by atoms with Gasteiger partial charge in [-0.3, -0.25) is 4.90 Å². The normalized spacial score (nSPS) is 13.9. The quantitative estimate of drug-likeness (QED) is 0.484. The molecule has 7 heteroatoms. The molecule has 2 aromatic carbocycles. The molecule has 0 aliphatic carbocycles. The van der Waals surface area contributed by atoms with Crippen LogP contribution >= 0.6 is 11.6 Å². The average molecular weight is 417 g/mol. The summed E-state index contributed by atoms with van der Waals surface area (Å²) in [4.78, 5) is 19.6. The topological polar surface area (TPSA) is 83.7 Å². The van der Waals surface area contributed by atoms with Crippen LogP contribution < -0.4 is 5.73 Å². The lowest BCUT2D eigenvalue weighted by molar-refractivity contribution is 0.240. The smallest absolute Gasteiger partial charge is 0.159 e. The molecular weight excluding hydrogens is 396 g/mol. The summed E-state index contributed by atoms with van der Waals surface area (Å²) in [6.45, 7) is 2.40. The van der Waals surface area contributed by atoms with Crippen molar-refractivity contribution in [2.75, 3.05) is 12.3 Å². The van der Waals surface area contributed by atoms with Crippen molar-refractivity contribution in [3.05, 3.63) is 82.9 Å². The molecule has 3 heterocycles. The summed E-state index contributed by atoms with van der Waals surface area (Å²) < 4.78 is 0. The Kier molecular flexibility index (Phi) is 4.94. The van der Waals surface area contributed by atoms with Crippen LogP contribution in [0, 0.1) is 0 Å². The van der Waals surface area contributed by atoms with Gasteiger partial charge in [0.25, 0.3) is 0 Å². The predicted molar refractivity (Wildman–Crippen MR) is 119 cm³/mol. The summed E-state index contributed by atoms with van der Waals surface area (Å²) >= 11 is 6.41. The number of benzene rings is 2. The maximum absolute atomic E-state index is 6.41. The Morgan fingerprint density at radius 3 is 2.60 bits per heavy atom. The van der Waals surface area contributed by atoms with Crippen LogP contribution in [0.5, 0.6) is 0 Å². The molecule has 0 unspecified atom stereocenters. The van der Waals surface area contributed by atoms with Gasteiger partial charge < -0.3 is 10.7 Å². The highest BCUT2D eigenvalue weighted by molar-refractivity contribution is 6.30. The van der Waals surface area contributed by atoms with E-state index in [1.54, 1.807) is 0 Å². The third-order valence-corrected chi connectivity index (χ3v) is 5.65. The first-order valence-corrected chi connectivity index (χ1v) is 10.3. The Bertz CT molecular complexity index is 1170. The van der Waals surface area contributed by atoms with Gasteiger partial charge in [0.05, 0.1) is 11.4 Å². The third kappa shape index (κ3) is 3.79. The molecule has 0 atom stereocenters. The number of H-pyrrole nitrogens is 1. The molecule has 0 saturated heterocycles. The van der Waals surface area contributed by atoms with Gasteiger partial charge in [0.1, 0.15) is 5.82 Å². The van der Waals surface area contributed by atoms with Crippen molar-refractivity contribution < 1.29 is 0 Å². The first-order valence-electron chi connectivity index (χ1n) is 9.88. The largest absolute Gasteiger partial charge is 0.399 e. The number of nitrogens with two attached hydrogens (primary N) is 1. The highest BCUT2D eigenvalue weighted by Crippen LogP contribution is 2.26. The van der Waals surface area contributed by atoms with Gasteiger partial charge in [0, 0.05) is 54.6 Å². The molecule has 5 rings (SSSR count). The van der Waals surface area contributed by atoms with Crippen molar-refractivity contribution in [2.45, 2.75) is 19.5 Å². The Hall–Kier alpha value is -3.22. The van der Waals surface area contributed by atoms with Crippen molar-refractivity contribution in [3.63, 3.8) is 0 Å². The number of rotatable bonds is 4. The summed E-state index contributed by atoms with van der Waals surface area (Å²) in [7, 11) is 0. The van der Waals surface area contributed by atoms with Crippen molar-refractivity contribution >= 4 is 17.3 Å². The van der Waals surface area contributed by atoms with E-state index in [1.807, 2.05) is 60.8 Å². The fraction of sp³-hybridized carbons (Fsp3) is 0.174. The van der Waals surface area contributed by atoms with Crippen LogP contribution in [0.2, 0.25) is 5.15 Å². The number of imidazole rings is 1. The lowest BCUT2D eigenvalue weighted by Crippen LogP contribution is -2.31. The predicted octanol–water partition coefficient (Wildman–Crippen LogP) is 4.33. The molecule has 150 valence electrons. The number of nitrogen functional groups attached to an aromatic ring is 1. The number of fused-ring (bicyclic) bond motifs is 1. The average Bonchev–Trinajstić information content (AvgIpc) is 3.15. The maximum Gasteiger partial charge on any atom is 0.159 e. The molecule has 0 saturated carbocycles. The van der Waals surface area contributed by atoms with E-state index in [9.17, 15) is 0 Å². The minimum Gasteiger partial charge on any atom is -0.399 e. The monoisotopic (exact) mass is 416 g/mol.